The molecule has 0 aromatic heterocycles. The molecule has 1 aliphatic rings. The lowest BCUT2D eigenvalue weighted by Crippen LogP contribution is -2.48. The van der Waals surface area contributed by atoms with Gasteiger partial charge in [0.05, 0.1) is 0 Å². The monoisotopic (exact) mass is 189 g/mol. The molecule has 2 rings (SSSR count). The lowest BCUT2D eigenvalue weighted by atomic mass is 9.66. The zero-order chi connectivity index (χ0) is 10.4. The fraction of sp³-hybridized carbons (Fsp3) is 0.538. The van der Waals surface area contributed by atoms with Gasteiger partial charge >= 0.3 is 0 Å². The van der Waals surface area contributed by atoms with E-state index < -0.39 is 0 Å². The highest BCUT2D eigenvalue weighted by Crippen LogP contribution is 2.39. The predicted octanol–water partition coefficient (Wildman–Crippen LogP) is 2.63. The van der Waals surface area contributed by atoms with Crippen molar-refractivity contribution in [3.8, 4) is 0 Å². The van der Waals surface area contributed by atoms with E-state index >= 15 is 0 Å². The highest BCUT2D eigenvalue weighted by Gasteiger charge is 2.37. The predicted molar refractivity (Wildman–Crippen MR) is 60.4 cm³/mol. The maximum atomic E-state index is 6.27. The van der Waals surface area contributed by atoms with E-state index in [0.717, 1.165) is 12.8 Å². The van der Waals surface area contributed by atoms with Crippen LogP contribution in [0.3, 0.4) is 0 Å². The van der Waals surface area contributed by atoms with E-state index in [1.807, 2.05) is 0 Å². The summed E-state index contributed by atoms with van der Waals surface area (Å²) in [4.78, 5) is 0. The summed E-state index contributed by atoms with van der Waals surface area (Å²) < 4.78 is 0. The van der Waals surface area contributed by atoms with Crippen LogP contribution in [-0.4, -0.2) is 5.54 Å². The minimum atomic E-state index is -0.0438. The fourth-order valence-corrected chi connectivity index (χ4v) is 2.94. The van der Waals surface area contributed by atoms with Gasteiger partial charge in [-0.25, -0.2) is 0 Å². The zero-order valence-corrected chi connectivity index (χ0v) is 9.30. The molecule has 1 nitrogen and oxygen atoms in total. The summed E-state index contributed by atoms with van der Waals surface area (Å²) in [6.45, 7) is 6.73. The number of rotatable bonds is 0. The van der Waals surface area contributed by atoms with Crippen LogP contribution in [0.15, 0.2) is 24.3 Å². The Morgan fingerprint density at radius 1 is 1.14 bits per heavy atom. The molecule has 0 amide bonds. The van der Waals surface area contributed by atoms with Gasteiger partial charge < -0.3 is 5.73 Å². The summed E-state index contributed by atoms with van der Waals surface area (Å²) in [6, 6.07) is 8.68. The van der Waals surface area contributed by atoms with Gasteiger partial charge in [0, 0.05) is 5.54 Å². The quantitative estimate of drug-likeness (QED) is 0.667. The van der Waals surface area contributed by atoms with Crippen LogP contribution in [0.4, 0.5) is 0 Å². The van der Waals surface area contributed by atoms with Gasteiger partial charge in [0.1, 0.15) is 0 Å². The molecule has 0 aliphatic heterocycles. The van der Waals surface area contributed by atoms with Crippen molar-refractivity contribution in [1.29, 1.82) is 0 Å². The van der Waals surface area contributed by atoms with Gasteiger partial charge in [-0.05, 0) is 36.3 Å². The van der Waals surface area contributed by atoms with Gasteiger partial charge in [-0.15, -0.1) is 0 Å². The Hall–Kier alpha value is -0.820. The minimum absolute atomic E-state index is 0.0438. The molecule has 1 aliphatic carbocycles. The molecule has 0 spiro atoms. The van der Waals surface area contributed by atoms with Crippen molar-refractivity contribution in [2.45, 2.75) is 44.6 Å². The fourth-order valence-electron chi connectivity index (χ4n) is 2.94. The molecular weight excluding hydrogens is 170 g/mol. The summed E-state index contributed by atoms with van der Waals surface area (Å²) in [7, 11) is 0. The Kier molecular flexibility index (Phi) is 1.97. The Morgan fingerprint density at radius 3 is 2.50 bits per heavy atom. The molecular formula is C13H19N. The Bertz CT molecular complexity index is 350. The van der Waals surface area contributed by atoms with Crippen LogP contribution in [0.5, 0.6) is 0 Å². The topological polar surface area (TPSA) is 26.0 Å². The molecule has 1 heteroatoms. The van der Waals surface area contributed by atoms with Crippen molar-refractivity contribution in [1.82, 2.24) is 0 Å². The molecule has 76 valence electrons. The first-order valence-corrected chi connectivity index (χ1v) is 5.28. The second-order valence-corrected chi connectivity index (χ2v) is 5.55. The number of fused-ring (bicyclic) bond motifs is 1. The maximum absolute atomic E-state index is 6.27. The van der Waals surface area contributed by atoms with E-state index in [1.54, 1.807) is 0 Å². The molecule has 0 fully saturated rings. The molecule has 1 aromatic rings. The standard InChI is InChI=1S/C13H19N/c1-12(2)9-13(3,14)8-10-6-4-5-7-11(10)12/h4-7H,8-9,14H2,1-3H3. The third-order valence-corrected chi connectivity index (χ3v) is 3.19. The minimum Gasteiger partial charge on any atom is -0.325 e. The van der Waals surface area contributed by atoms with Gasteiger partial charge in [0.15, 0.2) is 0 Å². The molecule has 1 atom stereocenters. The third-order valence-electron chi connectivity index (χ3n) is 3.19. The van der Waals surface area contributed by atoms with Crippen LogP contribution in [-0.2, 0) is 11.8 Å². The molecule has 1 aromatic carbocycles. The third kappa shape index (κ3) is 1.57. The van der Waals surface area contributed by atoms with E-state index in [1.165, 1.54) is 11.1 Å². The van der Waals surface area contributed by atoms with Crippen LogP contribution in [0.25, 0.3) is 0 Å². The van der Waals surface area contributed by atoms with Crippen LogP contribution >= 0.6 is 0 Å². The summed E-state index contributed by atoms with van der Waals surface area (Å²) >= 11 is 0. The normalized spacial score (nSPS) is 29.7. The molecule has 0 heterocycles. The molecule has 0 bridgehead atoms. The summed E-state index contributed by atoms with van der Waals surface area (Å²) in [5.41, 5.74) is 9.34. The Balaban J connectivity index is 2.52. The van der Waals surface area contributed by atoms with E-state index in [0.29, 0.717) is 0 Å². The highest BCUT2D eigenvalue weighted by atomic mass is 14.7. The van der Waals surface area contributed by atoms with E-state index in [-0.39, 0.29) is 11.0 Å². The highest BCUT2D eigenvalue weighted by molar-refractivity contribution is 5.38. The first-order chi connectivity index (χ1) is 6.41. The van der Waals surface area contributed by atoms with Crippen molar-refractivity contribution < 1.29 is 0 Å². The van der Waals surface area contributed by atoms with Gasteiger partial charge in [-0.1, -0.05) is 38.1 Å². The van der Waals surface area contributed by atoms with E-state index in [9.17, 15) is 0 Å². The second kappa shape index (κ2) is 2.83. The second-order valence-electron chi connectivity index (χ2n) is 5.55. The first kappa shape index (κ1) is 9.72. The zero-order valence-electron chi connectivity index (χ0n) is 9.30. The summed E-state index contributed by atoms with van der Waals surface area (Å²) in [6.07, 6.45) is 2.07. The van der Waals surface area contributed by atoms with Gasteiger partial charge in [-0.3, -0.25) is 0 Å². The molecule has 2 N–H and O–H groups in total. The lowest BCUT2D eigenvalue weighted by Gasteiger charge is -2.42. The Morgan fingerprint density at radius 2 is 1.79 bits per heavy atom. The molecule has 0 radical (unpaired) electrons. The summed E-state index contributed by atoms with van der Waals surface area (Å²) in [5.74, 6) is 0. The molecule has 0 saturated heterocycles. The number of hydrogen-bond acceptors (Lipinski definition) is 1. The smallest absolute Gasteiger partial charge is 0.0174 e. The van der Waals surface area contributed by atoms with Gasteiger partial charge in [0.2, 0.25) is 0 Å². The average molecular weight is 189 g/mol. The van der Waals surface area contributed by atoms with Crippen LogP contribution in [0.2, 0.25) is 0 Å². The van der Waals surface area contributed by atoms with Crippen LogP contribution in [0.1, 0.15) is 38.3 Å². The average Bonchev–Trinajstić information content (AvgIpc) is 2.00. The number of nitrogens with two attached hydrogens (primary N) is 1. The Labute approximate surface area is 86.3 Å². The van der Waals surface area contributed by atoms with Crippen molar-refractivity contribution in [2.24, 2.45) is 5.73 Å². The van der Waals surface area contributed by atoms with Crippen LogP contribution in [0, 0.1) is 0 Å². The van der Waals surface area contributed by atoms with Crippen molar-refractivity contribution in [3.63, 3.8) is 0 Å². The molecule has 0 saturated carbocycles. The van der Waals surface area contributed by atoms with Crippen molar-refractivity contribution >= 4 is 0 Å². The van der Waals surface area contributed by atoms with E-state index in [4.69, 9.17) is 5.73 Å². The molecule has 1 unspecified atom stereocenters. The van der Waals surface area contributed by atoms with Gasteiger partial charge in [-0.2, -0.15) is 0 Å². The lowest BCUT2D eigenvalue weighted by molar-refractivity contribution is 0.299. The van der Waals surface area contributed by atoms with Crippen LogP contribution < -0.4 is 5.73 Å². The SMILES string of the molecule is CC1(N)Cc2ccccc2C(C)(C)C1. The number of benzene rings is 1. The first-order valence-electron chi connectivity index (χ1n) is 5.28. The van der Waals surface area contributed by atoms with E-state index in [2.05, 4.69) is 45.0 Å². The largest absolute Gasteiger partial charge is 0.325 e. The van der Waals surface area contributed by atoms with Crippen molar-refractivity contribution in [3.05, 3.63) is 35.4 Å². The van der Waals surface area contributed by atoms with Gasteiger partial charge in [0.25, 0.3) is 0 Å². The van der Waals surface area contributed by atoms with Crippen molar-refractivity contribution in [2.75, 3.05) is 0 Å². The summed E-state index contributed by atoms with van der Waals surface area (Å²) in [5, 5.41) is 0. The molecule has 14 heavy (non-hydrogen) atoms. The maximum Gasteiger partial charge on any atom is 0.0174 e. The number of hydrogen-bond donors (Lipinski definition) is 1.